The Balaban J connectivity index is 1.34. The van der Waals surface area contributed by atoms with Crippen LogP contribution in [-0.2, 0) is 17.8 Å². The first-order valence-electron chi connectivity index (χ1n) is 10.4. The molecule has 148 valence electrons. The number of urea groups is 1. The van der Waals surface area contributed by atoms with Gasteiger partial charge >= 0.3 is 12.0 Å². The number of hydrogen-bond acceptors (Lipinski definition) is 3. The van der Waals surface area contributed by atoms with Gasteiger partial charge in [-0.3, -0.25) is 4.79 Å². The number of carbonyl (C=O) groups is 2. The van der Waals surface area contributed by atoms with Crippen molar-refractivity contribution in [2.24, 2.45) is 5.92 Å². The fourth-order valence-electron chi connectivity index (χ4n) is 4.91. The fourth-order valence-corrected chi connectivity index (χ4v) is 4.91. The third-order valence-corrected chi connectivity index (χ3v) is 6.51. The first kappa shape index (κ1) is 18.3. The maximum Gasteiger partial charge on any atom is 0.317 e. The van der Waals surface area contributed by atoms with Crippen LogP contribution < -0.4 is 5.32 Å². The molecular formula is C20H30N4O3. The number of carboxylic acid groups (broad SMARTS) is 1. The molecule has 27 heavy (non-hydrogen) atoms. The van der Waals surface area contributed by atoms with E-state index < -0.39 is 5.97 Å². The summed E-state index contributed by atoms with van der Waals surface area (Å²) < 4.78 is 2.38. The van der Waals surface area contributed by atoms with Gasteiger partial charge in [0.25, 0.3) is 0 Å². The van der Waals surface area contributed by atoms with E-state index in [0.717, 1.165) is 57.6 Å². The van der Waals surface area contributed by atoms with Crippen molar-refractivity contribution >= 4 is 12.0 Å². The van der Waals surface area contributed by atoms with Gasteiger partial charge in [0, 0.05) is 43.5 Å². The highest BCUT2D eigenvalue weighted by molar-refractivity contribution is 5.75. The normalized spacial score (nSPS) is 28.4. The highest BCUT2D eigenvalue weighted by atomic mass is 16.4. The number of carboxylic acids is 1. The third-order valence-electron chi connectivity index (χ3n) is 6.51. The highest BCUT2D eigenvalue weighted by Gasteiger charge is 2.31. The molecule has 7 nitrogen and oxygen atoms in total. The Kier molecular flexibility index (Phi) is 5.36. The average molecular weight is 374 g/mol. The zero-order valence-electron chi connectivity index (χ0n) is 15.9. The van der Waals surface area contributed by atoms with Crippen LogP contribution in [0, 0.1) is 5.92 Å². The fraction of sp³-hybridized carbons (Fsp3) is 0.750. The number of aromatic nitrogens is 2. The first-order chi connectivity index (χ1) is 13.1. The molecular weight excluding hydrogens is 344 g/mol. The molecule has 1 aromatic heterocycles. The second kappa shape index (κ2) is 7.90. The molecule has 3 heterocycles. The maximum absolute atomic E-state index is 12.8. The predicted octanol–water partition coefficient (Wildman–Crippen LogP) is 2.75. The minimum Gasteiger partial charge on any atom is -0.481 e. The van der Waals surface area contributed by atoms with Gasteiger partial charge < -0.3 is 19.9 Å². The van der Waals surface area contributed by atoms with Crippen LogP contribution in [0.4, 0.5) is 4.79 Å². The summed E-state index contributed by atoms with van der Waals surface area (Å²) in [5.74, 6) is 0.522. The van der Waals surface area contributed by atoms with E-state index in [4.69, 9.17) is 10.1 Å². The molecule has 2 fully saturated rings. The van der Waals surface area contributed by atoms with Crippen molar-refractivity contribution < 1.29 is 14.7 Å². The molecule has 1 atom stereocenters. The van der Waals surface area contributed by atoms with E-state index in [1.54, 1.807) is 0 Å². The number of nitrogens with one attached hydrogen (secondary N) is 1. The van der Waals surface area contributed by atoms with E-state index in [1.807, 2.05) is 11.1 Å². The van der Waals surface area contributed by atoms with E-state index in [2.05, 4.69) is 9.88 Å². The summed E-state index contributed by atoms with van der Waals surface area (Å²) in [5, 5.41) is 12.3. The van der Waals surface area contributed by atoms with E-state index in [0.29, 0.717) is 18.8 Å². The van der Waals surface area contributed by atoms with Gasteiger partial charge in [-0.15, -0.1) is 0 Å². The first-order valence-corrected chi connectivity index (χ1v) is 10.4. The molecule has 1 aliphatic carbocycles. The molecule has 7 heteroatoms. The van der Waals surface area contributed by atoms with Crippen molar-refractivity contribution in [3.05, 3.63) is 17.7 Å². The van der Waals surface area contributed by atoms with Crippen molar-refractivity contribution in [2.45, 2.75) is 76.3 Å². The predicted molar refractivity (Wildman–Crippen MR) is 101 cm³/mol. The van der Waals surface area contributed by atoms with Crippen LogP contribution in [0.2, 0.25) is 0 Å². The lowest BCUT2D eigenvalue weighted by Crippen LogP contribution is -2.49. The number of hydrogen-bond donors (Lipinski definition) is 2. The lowest BCUT2D eigenvalue weighted by Gasteiger charge is -2.35. The Morgan fingerprint density at radius 3 is 2.67 bits per heavy atom. The summed E-state index contributed by atoms with van der Waals surface area (Å²) >= 11 is 0. The van der Waals surface area contributed by atoms with Gasteiger partial charge in [-0.2, -0.15) is 0 Å². The second-order valence-electron chi connectivity index (χ2n) is 8.34. The number of likely N-dealkylation sites (tertiary alicyclic amines) is 1. The largest absolute Gasteiger partial charge is 0.481 e. The zero-order valence-corrected chi connectivity index (χ0v) is 15.9. The van der Waals surface area contributed by atoms with Crippen molar-refractivity contribution in [1.29, 1.82) is 0 Å². The molecule has 0 spiro atoms. The molecule has 2 N–H and O–H groups in total. The third kappa shape index (κ3) is 3.96. The molecule has 0 aromatic carbocycles. The Bertz CT molecular complexity index is 693. The van der Waals surface area contributed by atoms with Gasteiger partial charge in [-0.1, -0.05) is 0 Å². The minimum atomic E-state index is -0.707. The van der Waals surface area contributed by atoms with Crippen LogP contribution in [0.25, 0.3) is 0 Å². The molecule has 3 aliphatic rings. The van der Waals surface area contributed by atoms with E-state index >= 15 is 0 Å². The Morgan fingerprint density at radius 2 is 1.89 bits per heavy atom. The molecule has 0 radical (unpaired) electrons. The number of nitrogens with zero attached hydrogens (tertiary/aromatic N) is 3. The summed E-state index contributed by atoms with van der Waals surface area (Å²) in [6, 6.07) is 0.108. The van der Waals surface area contributed by atoms with Crippen LogP contribution in [0.5, 0.6) is 0 Å². The van der Waals surface area contributed by atoms with Crippen LogP contribution >= 0.6 is 0 Å². The SMILES string of the molecule is O=C(O)C1CCC(NC(=O)N2CCCC(c3ncc4n3CCCC4)C2)CC1. The molecule has 1 unspecified atom stereocenters. The van der Waals surface area contributed by atoms with Gasteiger partial charge in [0.2, 0.25) is 0 Å². The van der Waals surface area contributed by atoms with Gasteiger partial charge in [-0.25, -0.2) is 9.78 Å². The second-order valence-corrected chi connectivity index (χ2v) is 8.34. The van der Waals surface area contributed by atoms with Crippen molar-refractivity contribution in [2.75, 3.05) is 13.1 Å². The Morgan fingerprint density at radius 1 is 1.07 bits per heavy atom. The molecule has 2 amide bonds. The smallest absolute Gasteiger partial charge is 0.317 e. The summed E-state index contributed by atoms with van der Waals surface area (Å²) in [4.78, 5) is 30.5. The van der Waals surface area contributed by atoms with E-state index in [-0.39, 0.29) is 18.0 Å². The van der Waals surface area contributed by atoms with Crippen molar-refractivity contribution in [3.63, 3.8) is 0 Å². The van der Waals surface area contributed by atoms with E-state index in [1.165, 1.54) is 18.5 Å². The van der Waals surface area contributed by atoms with Crippen LogP contribution in [0.1, 0.15) is 68.8 Å². The highest BCUT2D eigenvalue weighted by Crippen LogP contribution is 2.30. The van der Waals surface area contributed by atoms with Crippen molar-refractivity contribution in [3.8, 4) is 0 Å². The van der Waals surface area contributed by atoms with Gasteiger partial charge in [-0.05, 0) is 57.8 Å². The number of carbonyl (C=O) groups excluding carboxylic acids is 1. The summed E-state index contributed by atoms with van der Waals surface area (Å²) in [6.07, 6.45) is 10.5. The lowest BCUT2D eigenvalue weighted by molar-refractivity contribution is -0.142. The number of rotatable bonds is 3. The van der Waals surface area contributed by atoms with Gasteiger partial charge in [0.05, 0.1) is 5.92 Å². The number of piperidine rings is 1. The number of amides is 2. The quantitative estimate of drug-likeness (QED) is 0.852. The monoisotopic (exact) mass is 374 g/mol. The zero-order chi connectivity index (χ0) is 18.8. The van der Waals surface area contributed by atoms with Crippen molar-refractivity contribution in [1.82, 2.24) is 19.8 Å². The van der Waals surface area contributed by atoms with E-state index in [9.17, 15) is 9.59 Å². The number of aryl methyl sites for hydroxylation is 1. The van der Waals surface area contributed by atoms with Crippen LogP contribution in [0.15, 0.2) is 6.20 Å². The topological polar surface area (TPSA) is 87.5 Å². The molecule has 1 saturated heterocycles. The van der Waals surface area contributed by atoms with Gasteiger partial charge in [0.1, 0.15) is 5.82 Å². The lowest BCUT2D eigenvalue weighted by atomic mass is 9.86. The minimum absolute atomic E-state index is 0.00361. The molecule has 1 aromatic rings. The Labute approximate surface area is 160 Å². The number of aliphatic carboxylic acids is 1. The standard InChI is InChI=1S/C20H30N4O3/c25-19(26)14-6-8-16(9-7-14)22-20(27)23-10-3-4-15(13-23)18-21-12-17-5-1-2-11-24(17)18/h12,14-16H,1-11,13H2,(H,22,27)(H,25,26). The summed E-state index contributed by atoms with van der Waals surface area (Å²) in [5.41, 5.74) is 1.34. The van der Waals surface area contributed by atoms with Gasteiger partial charge in [0.15, 0.2) is 0 Å². The van der Waals surface area contributed by atoms with Crippen LogP contribution in [0.3, 0.4) is 0 Å². The number of fused-ring (bicyclic) bond motifs is 1. The maximum atomic E-state index is 12.8. The molecule has 4 rings (SSSR count). The summed E-state index contributed by atoms with van der Waals surface area (Å²) in [6.45, 7) is 2.58. The van der Waals surface area contributed by atoms with Crippen LogP contribution in [-0.4, -0.2) is 50.7 Å². The molecule has 0 bridgehead atoms. The molecule has 1 saturated carbocycles. The number of imidazole rings is 1. The average Bonchev–Trinajstić information content (AvgIpc) is 3.12. The Hall–Kier alpha value is -2.05. The molecule has 2 aliphatic heterocycles. The summed E-state index contributed by atoms with van der Waals surface area (Å²) in [7, 11) is 0.